The minimum Gasteiger partial charge on any atom is -0.331 e. The highest BCUT2D eigenvalue weighted by atomic mass is 32.1. The van der Waals surface area contributed by atoms with Gasteiger partial charge in [-0.1, -0.05) is 62.8 Å². The number of rotatable bonds is 8. The van der Waals surface area contributed by atoms with Crippen LogP contribution in [0.15, 0.2) is 24.3 Å². The van der Waals surface area contributed by atoms with E-state index >= 15 is 0 Å². The number of hydrogen-bond acceptors (Lipinski definition) is 5. The summed E-state index contributed by atoms with van der Waals surface area (Å²) in [6, 6.07) is 7.94. The predicted molar refractivity (Wildman–Crippen MR) is 123 cm³/mol. The zero-order valence-corrected chi connectivity index (χ0v) is 20.0. The first kappa shape index (κ1) is 24.0. The first-order chi connectivity index (χ1) is 13.9. The van der Waals surface area contributed by atoms with Gasteiger partial charge >= 0.3 is 0 Å². The lowest BCUT2D eigenvalue weighted by Crippen LogP contribution is -2.43. The van der Waals surface area contributed by atoms with Crippen molar-refractivity contribution in [2.45, 2.75) is 67.3 Å². The highest BCUT2D eigenvalue weighted by Crippen LogP contribution is 2.28. The second kappa shape index (κ2) is 10.2. The van der Waals surface area contributed by atoms with Crippen LogP contribution in [0.3, 0.4) is 0 Å². The Labute approximate surface area is 184 Å². The molecule has 1 aromatic heterocycles. The fourth-order valence-corrected chi connectivity index (χ4v) is 4.33. The molecule has 0 aliphatic carbocycles. The number of amides is 2. The van der Waals surface area contributed by atoms with Crippen molar-refractivity contribution in [3.63, 3.8) is 0 Å². The van der Waals surface area contributed by atoms with E-state index in [1.54, 1.807) is 4.90 Å². The Balaban J connectivity index is 1.98. The number of anilines is 1. The van der Waals surface area contributed by atoms with Gasteiger partial charge in [-0.05, 0) is 44.6 Å². The van der Waals surface area contributed by atoms with Gasteiger partial charge in [0.15, 0.2) is 0 Å². The Morgan fingerprint density at radius 2 is 1.87 bits per heavy atom. The van der Waals surface area contributed by atoms with Crippen LogP contribution in [0.2, 0.25) is 0 Å². The second-order valence-electron chi connectivity index (χ2n) is 9.52. The SMILES string of the molecule is Cc1cccc(-c2nnc(NC(=O)CN(C(=O)C[C@H](C)CC(C)(C)C)C(C)C)s2)c1. The van der Waals surface area contributed by atoms with E-state index in [4.69, 9.17) is 0 Å². The first-order valence-corrected chi connectivity index (χ1v) is 11.3. The van der Waals surface area contributed by atoms with Crippen molar-refractivity contribution in [2.75, 3.05) is 11.9 Å². The minimum atomic E-state index is -0.257. The molecule has 1 atom stereocenters. The van der Waals surface area contributed by atoms with Gasteiger partial charge in [-0.15, -0.1) is 10.2 Å². The zero-order chi connectivity index (χ0) is 22.5. The monoisotopic (exact) mass is 430 g/mol. The third-order valence-corrected chi connectivity index (χ3v) is 5.57. The van der Waals surface area contributed by atoms with Gasteiger partial charge in [0.1, 0.15) is 11.6 Å². The van der Waals surface area contributed by atoms with Gasteiger partial charge in [0.2, 0.25) is 16.9 Å². The largest absolute Gasteiger partial charge is 0.331 e. The Kier molecular flexibility index (Phi) is 8.12. The molecule has 1 N–H and O–H groups in total. The molecule has 2 rings (SSSR count). The van der Waals surface area contributed by atoms with Crippen molar-refractivity contribution in [3.05, 3.63) is 29.8 Å². The Morgan fingerprint density at radius 3 is 2.47 bits per heavy atom. The maximum atomic E-state index is 12.8. The van der Waals surface area contributed by atoms with Crippen LogP contribution in [0.5, 0.6) is 0 Å². The van der Waals surface area contributed by atoms with Crippen LogP contribution < -0.4 is 5.32 Å². The molecule has 0 spiro atoms. The molecule has 0 aliphatic heterocycles. The first-order valence-electron chi connectivity index (χ1n) is 10.4. The fourth-order valence-electron chi connectivity index (χ4n) is 3.57. The predicted octanol–water partition coefficient (Wildman–Crippen LogP) is 5.15. The third-order valence-electron chi connectivity index (χ3n) is 4.68. The average Bonchev–Trinajstić information content (AvgIpc) is 3.06. The van der Waals surface area contributed by atoms with Crippen LogP contribution in [0.4, 0.5) is 5.13 Å². The Hall–Kier alpha value is -2.28. The van der Waals surface area contributed by atoms with Crippen molar-refractivity contribution < 1.29 is 9.59 Å². The standard InChI is InChI=1S/C23H34N4O2S/c1-15(2)27(20(29)12-17(4)13-23(5,6)7)14-19(28)24-22-26-25-21(30-22)18-10-8-9-16(3)11-18/h8-11,15,17H,12-14H2,1-7H3,(H,24,26,28)/t17-/m0/s1. The third kappa shape index (κ3) is 7.52. The van der Waals surface area contributed by atoms with E-state index < -0.39 is 0 Å². The van der Waals surface area contributed by atoms with E-state index in [1.165, 1.54) is 11.3 Å². The van der Waals surface area contributed by atoms with E-state index in [1.807, 2.05) is 45.0 Å². The van der Waals surface area contributed by atoms with E-state index in [0.717, 1.165) is 22.6 Å². The number of hydrogen-bond donors (Lipinski definition) is 1. The van der Waals surface area contributed by atoms with Crippen LogP contribution in [0, 0.1) is 18.3 Å². The number of carbonyl (C=O) groups excluding carboxylic acids is 2. The summed E-state index contributed by atoms with van der Waals surface area (Å²) in [5.41, 5.74) is 2.28. The summed E-state index contributed by atoms with van der Waals surface area (Å²) < 4.78 is 0. The van der Waals surface area contributed by atoms with Gasteiger partial charge in [0.25, 0.3) is 0 Å². The summed E-state index contributed by atoms with van der Waals surface area (Å²) in [4.78, 5) is 27.0. The lowest BCUT2D eigenvalue weighted by Gasteiger charge is -2.29. The zero-order valence-electron chi connectivity index (χ0n) is 19.2. The summed E-state index contributed by atoms with van der Waals surface area (Å²) in [6.45, 7) is 14.5. The molecule has 1 heterocycles. The van der Waals surface area contributed by atoms with Crippen molar-refractivity contribution in [1.29, 1.82) is 0 Å². The average molecular weight is 431 g/mol. The van der Waals surface area contributed by atoms with E-state index in [-0.39, 0.29) is 35.7 Å². The molecule has 0 unspecified atom stereocenters. The quantitative estimate of drug-likeness (QED) is 0.628. The minimum absolute atomic E-state index is 0.00890. The van der Waals surface area contributed by atoms with Crippen molar-refractivity contribution >= 4 is 28.3 Å². The topological polar surface area (TPSA) is 75.2 Å². The van der Waals surface area contributed by atoms with Gasteiger partial charge in [0.05, 0.1) is 0 Å². The molecular weight excluding hydrogens is 396 g/mol. The van der Waals surface area contributed by atoms with Crippen LogP contribution in [0.25, 0.3) is 10.6 Å². The normalized spacial score (nSPS) is 12.7. The summed E-state index contributed by atoms with van der Waals surface area (Å²) in [5, 5.41) is 12.2. The molecule has 0 fully saturated rings. The number of carbonyl (C=O) groups is 2. The fraction of sp³-hybridized carbons (Fsp3) is 0.565. The molecule has 30 heavy (non-hydrogen) atoms. The number of aryl methyl sites for hydroxylation is 1. The van der Waals surface area contributed by atoms with Gasteiger partial charge < -0.3 is 4.90 Å². The van der Waals surface area contributed by atoms with Gasteiger partial charge in [-0.25, -0.2) is 0 Å². The molecule has 1 aromatic carbocycles. The molecule has 164 valence electrons. The number of aromatic nitrogens is 2. The summed E-state index contributed by atoms with van der Waals surface area (Å²) in [5.74, 6) is 0.0175. The lowest BCUT2D eigenvalue weighted by molar-refractivity contribution is -0.137. The van der Waals surface area contributed by atoms with Gasteiger partial charge in [0, 0.05) is 18.0 Å². The van der Waals surface area contributed by atoms with Gasteiger partial charge in [-0.2, -0.15) is 0 Å². The lowest BCUT2D eigenvalue weighted by atomic mass is 9.84. The van der Waals surface area contributed by atoms with E-state index in [9.17, 15) is 9.59 Å². The molecule has 0 saturated carbocycles. The second-order valence-corrected chi connectivity index (χ2v) is 10.5. The molecular formula is C23H34N4O2S. The maximum Gasteiger partial charge on any atom is 0.245 e. The van der Waals surface area contributed by atoms with Crippen LogP contribution in [-0.2, 0) is 9.59 Å². The summed E-state index contributed by atoms with van der Waals surface area (Å²) >= 11 is 1.33. The molecule has 7 heteroatoms. The van der Waals surface area contributed by atoms with E-state index in [2.05, 4.69) is 43.2 Å². The molecule has 0 saturated heterocycles. The number of nitrogens with one attached hydrogen (secondary N) is 1. The Morgan fingerprint density at radius 1 is 1.17 bits per heavy atom. The molecule has 2 aromatic rings. The summed E-state index contributed by atoms with van der Waals surface area (Å²) in [7, 11) is 0. The maximum absolute atomic E-state index is 12.8. The van der Waals surface area contributed by atoms with Crippen molar-refractivity contribution in [3.8, 4) is 10.6 Å². The highest BCUT2D eigenvalue weighted by molar-refractivity contribution is 7.18. The Bertz CT molecular complexity index is 870. The van der Waals surface area contributed by atoms with Crippen LogP contribution >= 0.6 is 11.3 Å². The van der Waals surface area contributed by atoms with Gasteiger partial charge in [-0.3, -0.25) is 14.9 Å². The molecule has 0 aliphatic rings. The molecule has 0 bridgehead atoms. The van der Waals surface area contributed by atoms with Crippen LogP contribution in [0.1, 0.15) is 59.9 Å². The highest BCUT2D eigenvalue weighted by Gasteiger charge is 2.24. The van der Waals surface area contributed by atoms with E-state index in [0.29, 0.717) is 11.6 Å². The smallest absolute Gasteiger partial charge is 0.245 e. The number of benzene rings is 1. The molecule has 0 radical (unpaired) electrons. The van der Waals surface area contributed by atoms with Crippen LogP contribution in [-0.4, -0.2) is 39.5 Å². The number of nitrogens with zero attached hydrogens (tertiary/aromatic N) is 3. The molecule has 6 nitrogen and oxygen atoms in total. The summed E-state index contributed by atoms with van der Waals surface area (Å²) in [6.07, 6.45) is 1.41. The molecule has 2 amide bonds. The van der Waals surface area contributed by atoms with Crippen molar-refractivity contribution in [2.24, 2.45) is 11.3 Å². The van der Waals surface area contributed by atoms with Crippen molar-refractivity contribution in [1.82, 2.24) is 15.1 Å².